The van der Waals surface area contributed by atoms with Crippen molar-refractivity contribution in [1.82, 2.24) is 4.90 Å². The first-order valence-corrected chi connectivity index (χ1v) is 6.80. The van der Waals surface area contributed by atoms with Crippen LogP contribution >= 0.6 is 0 Å². The van der Waals surface area contributed by atoms with Crippen molar-refractivity contribution in [3.63, 3.8) is 0 Å². The quantitative estimate of drug-likeness (QED) is 0.857. The fraction of sp³-hybridized carbons (Fsp3) is 0.375. The standard InChI is InChI=1S/C16H19NO3/c1-2-12-11-17(9-8-14(12)10-15(18)19)16(20)13-6-4-3-5-7-13/h2-7,12,14H,1,8-11H2,(H,18,19)/t12-,14-/m1/s1. The maximum Gasteiger partial charge on any atom is 0.303 e. The van der Waals surface area contributed by atoms with Crippen molar-refractivity contribution in [2.75, 3.05) is 13.1 Å². The Hall–Kier alpha value is -2.10. The Morgan fingerprint density at radius 3 is 2.65 bits per heavy atom. The summed E-state index contributed by atoms with van der Waals surface area (Å²) in [7, 11) is 0. The number of hydrogen-bond donors (Lipinski definition) is 1. The van der Waals surface area contributed by atoms with Crippen LogP contribution in [-0.4, -0.2) is 35.0 Å². The maximum absolute atomic E-state index is 12.4. The van der Waals surface area contributed by atoms with Crippen molar-refractivity contribution in [3.05, 3.63) is 48.6 Å². The molecule has 0 bridgehead atoms. The van der Waals surface area contributed by atoms with E-state index < -0.39 is 5.97 Å². The molecule has 1 aromatic carbocycles. The first-order chi connectivity index (χ1) is 9.61. The molecule has 1 aromatic rings. The van der Waals surface area contributed by atoms with Crippen LogP contribution in [0.4, 0.5) is 0 Å². The summed E-state index contributed by atoms with van der Waals surface area (Å²) in [5, 5.41) is 8.92. The zero-order valence-corrected chi connectivity index (χ0v) is 11.4. The minimum absolute atomic E-state index is 0.00576. The SMILES string of the molecule is C=C[C@@H]1CN(C(=O)c2ccccc2)CC[C@@H]1CC(=O)O. The van der Waals surface area contributed by atoms with E-state index in [1.54, 1.807) is 23.1 Å². The summed E-state index contributed by atoms with van der Waals surface area (Å²) in [5.41, 5.74) is 0.673. The zero-order chi connectivity index (χ0) is 14.5. The summed E-state index contributed by atoms with van der Waals surface area (Å²) in [6.07, 6.45) is 2.63. The van der Waals surface area contributed by atoms with Crippen LogP contribution in [-0.2, 0) is 4.79 Å². The number of piperidine rings is 1. The van der Waals surface area contributed by atoms with Crippen LogP contribution in [0.25, 0.3) is 0 Å². The number of nitrogens with zero attached hydrogens (tertiary/aromatic N) is 1. The average molecular weight is 273 g/mol. The molecule has 1 amide bonds. The Morgan fingerprint density at radius 2 is 2.05 bits per heavy atom. The number of rotatable bonds is 4. The molecule has 4 nitrogen and oxygen atoms in total. The highest BCUT2D eigenvalue weighted by Crippen LogP contribution is 2.28. The molecule has 4 heteroatoms. The zero-order valence-electron chi connectivity index (χ0n) is 11.4. The second-order valence-corrected chi connectivity index (χ2v) is 5.16. The monoisotopic (exact) mass is 273 g/mol. The summed E-state index contributed by atoms with van der Waals surface area (Å²) >= 11 is 0. The van der Waals surface area contributed by atoms with Gasteiger partial charge in [0, 0.05) is 25.1 Å². The lowest BCUT2D eigenvalue weighted by Gasteiger charge is -2.36. The highest BCUT2D eigenvalue weighted by molar-refractivity contribution is 5.94. The predicted octanol–water partition coefficient (Wildman–Crippen LogP) is 2.43. The van der Waals surface area contributed by atoms with Gasteiger partial charge in [0.1, 0.15) is 0 Å². The van der Waals surface area contributed by atoms with Crippen LogP contribution in [0.2, 0.25) is 0 Å². The fourth-order valence-electron chi connectivity index (χ4n) is 2.72. The number of aliphatic carboxylic acids is 1. The molecule has 2 rings (SSSR count). The molecule has 1 N–H and O–H groups in total. The van der Waals surface area contributed by atoms with Crippen LogP contribution in [0.15, 0.2) is 43.0 Å². The van der Waals surface area contributed by atoms with Crippen LogP contribution in [0.5, 0.6) is 0 Å². The number of hydrogen-bond acceptors (Lipinski definition) is 2. The number of amides is 1. The van der Waals surface area contributed by atoms with E-state index in [1.807, 2.05) is 18.2 Å². The van der Waals surface area contributed by atoms with Crippen LogP contribution < -0.4 is 0 Å². The third-order valence-electron chi connectivity index (χ3n) is 3.85. The smallest absolute Gasteiger partial charge is 0.303 e. The van der Waals surface area contributed by atoms with Gasteiger partial charge in [-0.3, -0.25) is 9.59 Å². The highest BCUT2D eigenvalue weighted by atomic mass is 16.4. The molecule has 1 aliphatic rings. The molecule has 1 saturated heterocycles. The van der Waals surface area contributed by atoms with Gasteiger partial charge >= 0.3 is 5.97 Å². The number of carbonyl (C=O) groups excluding carboxylic acids is 1. The van der Waals surface area contributed by atoms with E-state index in [1.165, 1.54) is 0 Å². The van der Waals surface area contributed by atoms with Crippen molar-refractivity contribution in [1.29, 1.82) is 0 Å². The minimum atomic E-state index is -0.787. The normalized spacial score (nSPS) is 22.3. The number of carboxylic acids is 1. The Bertz CT molecular complexity index is 498. The van der Waals surface area contributed by atoms with Crippen LogP contribution in [0.1, 0.15) is 23.2 Å². The van der Waals surface area contributed by atoms with Crippen molar-refractivity contribution >= 4 is 11.9 Å². The molecule has 0 saturated carbocycles. The fourth-order valence-corrected chi connectivity index (χ4v) is 2.72. The van der Waals surface area contributed by atoms with Gasteiger partial charge in [-0.2, -0.15) is 0 Å². The molecule has 106 valence electrons. The van der Waals surface area contributed by atoms with E-state index in [9.17, 15) is 9.59 Å². The van der Waals surface area contributed by atoms with E-state index in [0.29, 0.717) is 25.1 Å². The van der Waals surface area contributed by atoms with Gasteiger partial charge in [-0.15, -0.1) is 6.58 Å². The van der Waals surface area contributed by atoms with Crippen LogP contribution in [0.3, 0.4) is 0 Å². The Kier molecular flexibility index (Phi) is 4.56. The summed E-state index contributed by atoms with van der Waals surface area (Å²) in [6.45, 7) is 4.94. The Morgan fingerprint density at radius 1 is 1.35 bits per heavy atom. The van der Waals surface area contributed by atoms with Crippen molar-refractivity contribution in [2.24, 2.45) is 11.8 Å². The molecule has 1 aliphatic heterocycles. The van der Waals surface area contributed by atoms with Gasteiger partial charge in [-0.1, -0.05) is 24.3 Å². The first kappa shape index (κ1) is 14.3. The highest BCUT2D eigenvalue weighted by Gasteiger charge is 2.31. The topological polar surface area (TPSA) is 57.6 Å². The third kappa shape index (κ3) is 3.26. The van der Waals surface area contributed by atoms with Crippen LogP contribution in [0, 0.1) is 11.8 Å². The van der Waals surface area contributed by atoms with Gasteiger partial charge in [-0.25, -0.2) is 0 Å². The van der Waals surface area contributed by atoms with Gasteiger partial charge < -0.3 is 10.0 Å². The molecular formula is C16H19NO3. The number of carbonyl (C=O) groups is 2. The maximum atomic E-state index is 12.4. The lowest BCUT2D eigenvalue weighted by molar-refractivity contribution is -0.138. The van der Waals surface area contributed by atoms with E-state index >= 15 is 0 Å². The first-order valence-electron chi connectivity index (χ1n) is 6.80. The molecule has 0 spiro atoms. The van der Waals surface area contributed by atoms with Gasteiger partial charge in [0.2, 0.25) is 0 Å². The van der Waals surface area contributed by atoms with E-state index in [4.69, 9.17) is 5.11 Å². The van der Waals surface area contributed by atoms with E-state index in [0.717, 1.165) is 0 Å². The third-order valence-corrected chi connectivity index (χ3v) is 3.85. The molecule has 20 heavy (non-hydrogen) atoms. The van der Waals surface area contributed by atoms with Gasteiger partial charge in [-0.05, 0) is 30.4 Å². The molecular weight excluding hydrogens is 254 g/mol. The summed E-state index contributed by atoms with van der Waals surface area (Å²) in [4.78, 5) is 25.0. The number of likely N-dealkylation sites (tertiary alicyclic amines) is 1. The molecule has 0 aliphatic carbocycles. The van der Waals surface area contributed by atoms with Crippen molar-refractivity contribution < 1.29 is 14.7 Å². The number of benzene rings is 1. The van der Waals surface area contributed by atoms with Crippen molar-refractivity contribution in [2.45, 2.75) is 12.8 Å². The Labute approximate surface area is 118 Å². The summed E-state index contributed by atoms with van der Waals surface area (Å²) in [5.74, 6) is -0.659. The summed E-state index contributed by atoms with van der Waals surface area (Å²) in [6, 6.07) is 9.16. The molecule has 1 heterocycles. The second kappa shape index (κ2) is 6.37. The van der Waals surface area contributed by atoms with Crippen molar-refractivity contribution in [3.8, 4) is 0 Å². The minimum Gasteiger partial charge on any atom is -0.481 e. The molecule has 0 aromatic heterocycles. The summed E-state index contributed by atoms with van der Waals surface area (Å²) < 4.78 is 0. The molecule has 0 unspecified atom stereocenters. The second-order valence-electron chi connectivity index (χ2n) is 5.16. The van der Waals surface area contributed by atoms with Gasteiger partial charge in [0.05, 0.1) is 0 Å². The molecule has 0 radical (unpaired) electrons. The predicted molar refractivity (Wildman–Crippen MR) is 76.4 cm³/mol. The number of carboxylic acid groups (broad SMARTS) is 1. The van der Waals surface area contributed by atoms with Gasteiger partial charge in [0.15, 0.2) is 0 Å². The van der Waals surface area contributed by atoms with E-state index in [-0.39, 0.29) is 24.2 Å². The van der Waals surface area contributed by atoms with Gasteiger partial charge in [0.25, 0.3) is 5.91 Å². The molecule has 2 atom stereocenters. The molecule has 1 fully saturated rings. The average Bonchev–Trinajstić information content (AvgIpc) is 2.47. The lowest BCUT2D eigenvalue weighted by Crippen LogP contribution is -2.43. The Balaban J connectivity index is 2.05. The largest absolute Gasteiger partial charge is 0.481 e. The van der Waals surface area contributed by atoms with E-state index in [2.05, 4.69) is 6.58 Å². The lowest BCUT2D eigenvalue weighted by atomic mass is 9.83.